The summed E-state index contributed by atoms with van der Waals surface area (Å²) in [6, 6.07) is 0. The molecular weight excluding hydrogens is 260 g/mol. The molecule has 0 radical (unpaired) electrons. The van der Waals surface area contributed by atoms with Crippen LogP contribution in [0.25, 0.3) is 0 Å². The Morgan fingerprint density at radius 2 is 2.10 bits per heavy atom. The molecule has 0 aromatic carbocycles. The molecule has 8 nitrogen and oxygen atoms in total. The Labute approximate surface area is 118 Å². The first kappa shape index (κ1) is 14.7. The van der Waals surface area contributed by atoms with E-state index < -0.39 is 0 Å². The zero-order valence-corrected chi connectivity index (χ0v) is 11.8. The highest BCUT2D eigenvalue weighted by Gasteiger charge is 2.15. The molecule has 8 heteroatoms. The summed E-state index contributed by atoms with van der Waals surface area (Å²) in [5.41, 5.74) is 5.73. The van der Waals surface area contributed by atoms with E-state index in [0.29, 0.717) is 25.1 Å². The third kappa shape index (κ3) is 4.46. The number of nitrogen functional groups attached to an aromatic ring is 1. The Hall–Kier alpha value is -1.67. The highest BCUT2D eigenvalue weighted by atomic mass is 16.5. The van der Waals surface area contributed by atoms with Gasteiger partial charge in [-0.1, -0.05) is 0 Å². The van der Waals surface area contributed by atoms with Gasteiger partial charge in [0.05, 0.1) is 13.2 Å². The minimum atomic E-state index is 0.230. The summed E-state index contributed by atoms with van der Waals surface area (Å²) >= 11 is 0. The fourth-order valence-electron chi connectivity index (χ4n) is 1.88. The average molecular weight is 282 g/mol. The molecule has 2 heterocycles. The van der Waals surface area contributed by atoms with Gasteiger partial charge in [0, 0.05) is 32.8 Å². The molecule has 1 aliphatic heterocycles. The SMILES string of the molecule is CCOCCCNc1nc(N)nc(N2CCOCC2)n1. The van der Waals surface area contributed by atoms with Crippen molar-refractivity contribution >= 4 is 17.8 Å². The Balaban J connectivity index is 1.90. The standard InChI is InChI=1S/C12H22N6O2/c1-2-19-7-3-4-14-11-15-10(13)16-12(17-11)18-5-8-20-9-6-18/h2-9H2,1H3,(H3,13,14,15,16,17). The van der Waals surface area contributed by atoms with E-state index in [2.05, 4.69) is 20.3 Å². The molecule has 0 aliphatic carbocycles. The van der Waals surface area contributed by atoms with Crippen LogP contribution in [-0.4, -0.2) is 61.0 Å². The molecule has 112 valence electrons. The maximum absolute atomic E-state index is 5.73. The van der Waals surface area contributed by atoms with Crippen molar-refractivity contribution in [1.82, 2.24) is 15.0 Å². The Kier molecular flexibility index (Phi) is 5.75. The average Bonchev–Trinajstić information content (AvgIpc) is 2.47. The van der Waals surface area contributed by atoms with E-state index in [0.717, 1.165) is 39.3 Å². The van der Waals surface area contributed by atoms with Gasteiger partial charge in [-0.15, -0.1) is 0 Å². The van der Waals surface area contributed by atoms with Crippen LogP contribution in [0.2, 0.25) is 0 Å². The van der Waals surface area contributed by atoms with Gasteiger partial charge in [0.25, 0.3) is 0 Å². The fraction of sp³-hybridized carbons (Fsp3) is 0.750. The maximum Gasteiger partial charge on any atom is 0.232 e. The summed E-state index contributed by atoms with van der Waals surface area (Å²) in [5.74, 6) is 1.34. The van der Waals surface area contributed by atoms with Gasteiger partial charge in [-0.25, -0.2) is 0 Å². The number of nitrogens with one attached hydrogen (secondary N) is 1. The third-order valence-electron chi connectivity index (χ3n) is 2.89. The number of ether oxygens (including phenoxy) is 2. The van der Waals surface area contributed by atoms with Gasteiger partial charge >= 0.3 is 0 Å². The molecule has 3 N–H and O–H groups in total. The lowest BCUT2D eigenvalue weighted by Crippen LogP contribution is -2.37. The first-order valence-corrected chi connectivity index (χ1v) is 6.95. The van der Waals surface area contributed by atoms with Gasteiger partial charge < -0.3 is 25.4 Å². The van der Waals surface area contributed by atoms with Crippen molar-refractivity contribution in [2.24, 2.45) is 0 Å². The third-order valence-corrected chi connectivity index (χ3v) is 2.89. The molecule has 1 aromatic heterocycles. The first-order chi connectivity index (χ1) is 9.79. The van der Waals surface area contributed by atoms with Crippen molar-refractivity contribution in [2.45, 2.75) is 13.3 Å². The minimum absolute atomic E-state index is 0.230. The van der Waals surface area contributed by atoms with E-state index in [-0.39, 0.29) is 5.95 Å². The number of aromatic nitrogens is 3. The molecule has 2 rings (SSSR count). The maximum atomic E-state index is 5.73. The first-order valence-electron chi connectivity index (χ1n) is 6.95. The molecule has 0 amide bonds. The zero-order chi connectivity index (χ0) is 14.2. The lowest BCUT2D eigenvalue weighted by molar-refractivity contribution is 0.122. The Morgan fingerprint density at radius 1 is 1.30 bits per heavy atom. The van der Waals surface area contributed by atoms with E-state index in [1.165, 1.54) is 0 Å². The van der Waals surface area contributed by atoms with Crippen LogP contribution in [0.1, 0.15) is 13.3 Å². The lowest BCUT2D eigenvalue weighted by atomic mass is 10.4. The van der Waals surface area contributed by atoms with E-state index in [1.807, 2.05) is 11.8 Å². The van der Waals surface area contributed by atoms with Crippen molar-refractivity contribution in [3.63, 3.8) is 0 Å². The van der Waals surface area contributed by atoms with E-state index in [4.69, 9.17) is 15.2 Å². The van der Waals surface area contributed by atoms with Gasteiger partial charge in [0.1, 0.15) is 0 Å². The number of morpholine rings is 1. The molecule has 1 aliphatic rings. The zero-order valence-electron chi connectivity index (χ0n) is 11.8. The second kappa shape index (κ2) is 7.81. The predicted molar refractivity (Wildman–Crippen MR) is 76.9 cm³/mol. The smallest absolute Gasteiger partial charge is 0.232 e. The molecule has 0 atom stereocenters. The molecule has 20 heavy (non-hydrogen) atoms. The highest BCUT2D eigenvalue weighted by molar-refractivity contribution is 5.42. The van der Waals surface area contributed by atoms with Gasteiger partial charge in [0.15, 0.2) is 0 Å². The van der Waals surface area contributed by atoms with Crippen LogP contribution >= 0.6 is 0 Å². The summed E-state index contributed by atoms with van der Waals surface area (Å²) in [5, 5.41) is 3.14. The number of nitrogens with two attached hydrogens (primary N) is 1. The van der Waals surface area contributed by atoms with Crippen LogP contribution in [0.15, 0.2) is 0 Å². The van der Waals surface area contributed by atoms with E-state index in [9.17, 15) is 0 Å². The summed E-state index contributed by atoms with van der Waals surface area (Å²) < 4.78 is 10.6. The summed E-state index contributed by atoms with van der Waals surface area (Å²) in [7, 11) is 0. The van der Waals surface area contributed by atoms with Gasteiger partial charge in [-0.2, -0.15) is 15.0 Å². The lowest BCUT2D eigenvalue weighted by Gasteiger charge is -2.26. The van der Waals surface area contributed by atoms with Crippen LogP contribution in [0.3, 0.4) is 0 Å². The molecule has 0 unspecified atom stereocenters. The molecular formula is C12H22N6O2. The number of hydrogen-bond acceptors (Lipinski definition) is 8. The highest BCUT2D eigenvalue weighted by Crippen LogP contribution is 2.13. The van der Waals surface area contributed by atoms with Crippen molar-refractivity contribution < 1.29 is 9.47 Å². The molecule has 0 spiro atoms. The normalized spacial score (nSPS) is 15.3. The van der Waals surface area contributed by atoms with Crippen molar-refractivity contribution in [2.75, 3.05) is 62.0 Å². The van der Waals surface area contributed by atoms with Crippen LogP contribution in [0.4, 0.5) is 17.8 Å². The van der Waals surface area contributed by atoms with E-state index in [1.54, 1.807) is 0 Å². The monoisotopic (exact) mass is 282 g/mol. The number of rotatable bonds is 7. The molecule has 1 fully saturated rings. The predicted octanol–water partition coefficient (Wildman–Crippen LogP) is 0.129. The number of hydrogen-bond donors (Lipinski definition) is 2. The van der Waals surface area contributed by atoms with Crippen LogP contribution in [0.5, 0.6) is 0 Å². The second-order valence-corrected chi connectivity index (χ2v) is 4.39. The molecule has 0 bridgehead atoms. The van der Waals surface area contributed by atoms with Crippen LogP contribution in [0, 0.1) is 0 Å². The van der Waals surface area contributed by atoms with Crippen molar-refractivity contribution in [3.8, 4) is 0 Å². The number of anilines is 3. The Morgan fingerprint density at radius 3 is 2.85 bits per heavy atom. The number of nitrogens with zero attached hydrogens (tertiary/aromatic N) is 4. The van der Waals surface area contributed by atoms with Gasteiger partial charge in [-0.3, -0.25) is 0 Å². The van der Waals surface area contributed by atoms with Crippen molar-refractivity contribution in [3.05, 3.63) is 0 Å². The second-order valence-electron chi connectivity index (χ2n) is 4.39. The fourth-order valence-corrected chi connectivity index (χ4v) is 1.88. The molecule has 1 saturated heterocycles. The summed E-state index contributed by atoms with van der Waals surface area (Å²) in [6.07, 6.45) is 0.895. The largest absolute Gasteiger partial charge is 0.382 e. The van der Waals surface area contributed by atoms with Gasteiger partial charge in [-0.05, 0) is 13.3 Å². The van der Waals surface area contributed by atoms with Crippen molar-refractivity contribution in [1.29, 1.82) is 0 Å². The minimum Gasteiger partial charge on any atom is -0.382 e. The topological polar surface area (TPSA) is 98.4 Å². The quantitative estimate of drug-likeness (QED) is 0.681. The molecule has 0 saturated carbocycles. The van der Waals surface area contributed by atoms with Gasteiger partial charge in [0.2, 0.25) is 17.8 Å². The summed E-state index contributed by atoms with van der Waals surface area (Å²) in [4.78, 5) is 14.7. The summed E-state index contributed by atoms with van der Waals surface area (Å²) in [6.45, 7) is 7.09. The Bertz CT molecular complexity index is 411. The van der Waals surface area contributed by atoms with E-state index >= 15 is 0 Å². The molecule has 1 aromatic rings. The van der Waals surface area contributed by atoms with Crippen LogP contribution in [-0.2, 0) is 9.47 Å². The van der Waals surface area contributed by atoms with Crippen LogP contribution < -0.4 is 16.0 Å².